The van der Waals surface area contributed by atoms with E-state index < -0.39 is 11.6 Å². The van der Waals surface area contributed by atoms with Gasteiger partial charge in [-0.2, -0.15) is 0 Å². The van der Waals surface area contributed by atoms with E-state index in [0.29, 0.717) is 19.5 Å². The number of aromatic nitrogens is 3. The highest BCUT2D eigenvalue weighted by Gasteiger charge is 2.34. The lowest BCUT2D eigenvalue weighted by molar-refractivity contribution is -0.138. The van der Waals surface area contributed by atoms with Crippen molar-refractivity contribution in [1.29, 1.82) is 0 Å². The van der Waals surface area contributed by atoms with E-state index >= 15 is 0 Å². The van der Waals surface area contributed by atoms with E-state index in [1.807, 2.05) is 71.8 Å². The molecule has 1 saturated heterocycles. The second-order valence-electron chi connectivity index (χ2n) is 11.5. The number of carbonyl (C=O) groups excluding carboxylic acids is 2. The van der Waals surface area contributed by atoms with Gasteiger partial charge in [-0.1, -0.05) is 60.7 Å². The normalized spacial score (nSPS) is 15.0. The Morgan fingerprint density at radius 2 is 1.67 bits per heavy atom. The molecule has 4 N–H and O–H groups in total. The number of nitrogens with zero attached hydrogens (tertiary/aromatic N) is 3. The number of benzene rings is 3. The van der Waals surface area contributed by atoms with E-state index in [0.717, 1.165) is 51.7 Å². The van der Waals surface area contributed by atoms with Gasteiger partial charge in [-0.15, -0.1) is 12.4 Å². The second kappa shape index (κ2) is 12.0. The van der Waals surface area contributed by atoms with E-state index in [1.54, 1.807) is 13.8 Å². The molecule has 6 rings (SSSR count). The predicted molar refractivity (Wildman–Crippen MR) is 169 cm³/mol. The van der Waals surface area contributed by atoms with Gasteiger partial charge in [0.15, 0.2) is 0 Å². The minimum atomic E-state index is -1.10. The number of H-pyrrole nitrogens is 1. The van der Waals surface area contributed by atoms with Crippen LogP contribution in [0, 0.1) is 0 Å². The molecule has 0 bridgehead atoms. The first-order chi connectivity index (χ1) is 19.8. The zero-order chi connectivity index (χ0) is 28.6. The van der Waals surface area contributed by atoms with Crippen molar-refractivity contribution in [2.75, 3.05) is 13.1 Å². The minimum Gasteiger partial charge on any atom is -0.361 e. The molecule has 2 amide bonds. The Hall–Kier alpha value is -4.14. The summed E-state index contributed by atoms with van der Waals surface area (Å²) in [6.07, 6.45) is 3.89. The number of piperidine rings is 1. The molecule has 0 radical (unpaired) electrons. The maximum absolute atomic E-state index is 14.0. The number of para-hydroxylation sites is 3. The van der Waals surface area contributed by atoms with Gasteiger partial charge in [-0.3, -0.25) is 9.59 Å². The molecule has 0 saturated carbocycles. The highest BCUT2D eigenvalue weighted by atomic mass is 35.5. The molecule has 1 unspecified atom stereocenters. The summed E-state index contributed by atoms with van der Waals surface area (Å²) in [6.45, 7) is 4.49. The van der Waals surface area contributed by atoms with Crippen LogP contribution in [0.5, 0.6) is 0 Å². The third-order valence-electron chi connectivity index (χ3n) is 8.06. The minimum absolute atomic E-state index is 0. The van der Waals surface area contributed by atoms with Crippen LogP contribution in [-0.2, 0) is 16.0 Å². The summed E-state index contributed by atoms with van der Waals surface area (Å²) in [5.74, 6) is 0.527. The molecule has 1 aliphatic heterocycles. The largest absolute Gasteiger partial charge is 0.361 e. The molecule has 1 aliphatic rings. The smallest absolute Gasteiger partial charge is 0.245 e. The number of nitrogens with two attached hydrogens (primary N) is 1. The lowest BCUT2D eigenvalue weighted by Crippen LogP contribution is -2.57. The van der Waals surface area contributed by atoms with Crippen LogP contribution in [0.3, 0.4) is 0 Å². The fourth-order valence-corrected chi connectivity index (χ4v) is 5.83. The van der Waals surface area contributed by atoms with Crippen LogP contribution < -0.4 is 11.1 Å². The Bertz CT molecular complexity index is 1700. The Balaban J connectivity index is 0.00000353. The van der Waals surface area contributed by atoms with Gasteiger partial charge in [-0.25, -0.2) is 4.98 Å². The highest BCUT2D eigenvalue weighted by Crippen LogP contribution is 2.33. The predicted octanol–water partition coefficient (Wildman–Crippen LogP) is 5.23. The number of amides is 2. The molecule has 3 aromatic carbocycles. The van der Waals surface area contributed by atoms with Gasteiger partial charge in [0.2, 0.25) is 11.8 Å². The lowest BCUT2D eigenvalue weighted by Gasteiger charge is -2.36. The van der Waals surface area contributed by atoms with Gasteiger partial charge in [-0.05, 0) is 50.5 Å². The summed E-state index contributed by atoms with van der Waals surface area (Å²) in [5.41, 5.74) is 10.1. The monoisotopic (exact) mass is 584 g/mol. The van der Waals surface area contributed by atoms with Crippen LogP contribution in [0.15, 0.2) is 85.1 Å². The van der Waals surface area contributed by atoms with Crippen molar-refractivity contribution in [2.24, 2.45) is 5.73 Å². The number of carbonyl (C=O) groups is 2. The van der Waals surface area contributed by atoms with Gasteiger partial charge in [0, 0.05) is 48.2 Å². The molecule has 3 heterocycles. The van der Waals surface area contributed by atoms with Crippen molar-refractivity contribution in [3.63, 3.8) is 0 Å². The molecular weight excluding hydrogens is 548 g/mol. The number of rotatable bonds is 7. The average molecular weight is 585 g/mol. The van der Waals surface area contributed by atoms with Crippen molar-refractivity contribution in [3.8, 4) is 11.4 Å². The molecule has 9 heteroatoms. The number of aromatic amines is 1. The molecule has 42 heavy (non-hydrogen) atoms. The van der Waals surface area contributed by atoms with Crippen molar-refractivity contribution in [2.45, 2.75) is 50.7 Å². The zero-order valence-electron chi connectivity index (χ0n) is 23.9. The maximum atomic E-state index is 14.0. The molecule has 2 aromatic heterocycles. The van der Waals surface area contributed by atoms with Crippen LogP contribution in [0.1, 0.15) is 38.3 Å². The number of hydrogen-bond acceptors (Lipinski definition) is 4. The molecule has 218 valence electrons. The number of hydrogen-bond donors (Lipinski definition) is 3. The van der Waals surface area contributed by atoms with E-state index in [-0.39, 0.29) is 30.3 Å². The lowest BCUT2D eigenvalue weighted by atomic mass is 9.99. The van der Waals surface area contributed by atoms with Crippen LogP contribution in [0.2, 0.25) is 0 Å². The molecule has 5 aromatic rings. The van der Waals surface area contributed by atoms with Crippen molar-refractivity contribution in [1.82, 2.24) is 24.8 Å². The van der Waals surface area contributed by atoms with Gasteiger partial charge >= 0.3 is 0 Å². The number of nitrogens with one attached hydrogen (secondary N) is 2. The molecule has 1 fully saturated rings. The van der Waals surface area contributed by atoms with Crippen LogP contribution in [0.4, 0.5) is 0 Å². The standard InChI is InChI=1S/C33H36N6O2.ClH/c1-33(2,34)32(41)37-28(20-23-21-35-26-13-7-6-12-25(23)26)31(40)38-18-16-24(17-19-38)39-29-15-9-8-14-27(29)36-30(39)22-10-4-3-5-11-22;/h3-15,21,24,28,35H,16-20,34H2,1-2H3,(H,37,41);1H. The highest BCUT2D eigenvalue weighted by molar-refractivity contribution is 5.92. The summed E-state index contributed by atoms with van der Waals surface area (Å²) in [4.78, 5) is 37.0. The zero-order valence-corrected chi connectivity index (χ0v) is 24.7. The first-order valence-electron chi connectivity index (χ1n) is 14.3. The third-order valence-corrected chi connectivity index (χ3v) is 8.06. The van der Waals surface area contributed by atoms with Crippen LogP contribution in [-0.4, -0.2) is 55.9 Å². The first-order valence-corrected chi connectivity index (χ1v) is 14.3. The molecule has 8 nitrogen and oxygen atoms in total. The summed E-state index contributed by atoms with van der Waals surface area (Å²) in [6, 6.07) is 26.0. The van der Waals surface area contributed by atoms with Crippen LogP contribution in [0.25, 0.3) is 33.3 Å². The molecule has 0 aliphatic carbocycles. The Morgan fingerprint density at radius 1 is 1.00 bits per heavy atom. The van der Waals surface area contributed by atoms with E-state index in [4.69, 9.17) is 10.7 Å². The topological polar surface area (TPSA) is 109 Å². The summed E-state index contributed by atoms with van der Waals surface area (Å²) in [7, 11) is 0. The number of fused-ring (bicyclic) bond motifs is 2. The van der Waals surface area contributed by atoms with Gasteiger partial charge in [0.1, 0.15) is 11.9 Å². The van der Waals surface area contributed by atoms with Crippen molar-refractivity contribution in [3.05, 3.63) is 90.6 Å². The number of halogens is 1. The van der Waals surface area contributed by atoms with E-state index in [2.05, 4.69) is 33.1 Å². The number of likely N-dealkylation sites (tertiary alicyclic amines) is 1. The summed E-state index contributed by atoms with van der Waals surface area (Å²) < 4.78 is 2.34. The first kappa shape index (κ1) is 29.4. The fourth-order valence-electron chi connectivity index (χ4n) is 5.83. The Labute approximate surface area is 251 Å². The van der Waals surface area contributed by atoms with Gasteiger partial charge in [0.25, 0.3) is 0 Å². The molecular formula is C33H37ClN6O2. The molecule has 1 atom stereocenters. The average Bonchev–Trinajstić information content (AvgIpc) is 3.58. The summed E-state index contributed by atoms with van der Waals surface area (Å²) >= 11 is 0. The fraction of sp³-hybridized carbons (Fsp3) is 0.303. The van der Waals surface area contributed by atoms with Crippen molar-refractivity contribution < 1.29 is 9.59 Å². The van der Waals surface area contributed by atoms with E-state index in [1.165, 1.54) is 0 Å². The third kappa shape index (κ3) is 5.78. The van der Waals surface area contributed by atoms with Crippen LogP contribution >= 0.6 is 12.4 Å². The van der Waals surface area contributed by atoms with Gasteiger partial charge < -0.3 is 25.5 Å². The number of imidazole rings is 1. The Morgan fingerprint density at radius 3 is 2.40 bits per heavy atom. The SMILES string of the molecule is CC(C)(N)C(=O)NC(Cc1c[nH]c2ccccc12)C(=O)N1CCC(n2c(-c3ccccc3)nc3ccccc32)CC1.Cl. The summed E-state index contributed by atoms with van der Waals surface area (Å²) in [5, 5.41) is 4.01. The Kier molecular flexibility index (Phi) is 8.38. The second-order valence-corrected chi connectivity index (χ2v) is 11.5. The van der Waals surface area contributed by atoms with Crippen molar-refractivity contribution >= 4 is 46.2 Å². The van der Waals surface area contributed by atoms with E-state index in [9.17, 15) is 9.59 Å². The quantitative estimate of drug-likeness (QED) is 0.243. The van der Waals surface area contributed by atoms with Gasteiger partial charge in [0.05, 0.1) is 16.6 Å². The molecule has 0 spiro atoms. The maximum Gasteiger partial charge on any atom is 0.245 e.